The van der Waals surface area contributed by atoms with Gasteiger partial charge in [0.05, 0.1) is 28.3 Å². The van der Waals surface area contributed by atoms with Crippen LogP contribution in [0.15, 0.2) is 72.1 Å². The van der Waals surface area contributed by atoms with E-state index < -0.39 is 17.5 Å². The lowest BCUT2D eigenvalue weighted by atomic mass is 9.99. The predicted octanol–water partition coefficient (Wildman–Crippen LogP) is 7.99. The van der Waals surface area contributed by atoms with Crippen molar-refractivity contribution in [3.8, 4) is 11.3 Å². The van der Waals surface area contributed by atoms with Gasteiger partial charge in [0.1, 0.15) is 17.3 Å². The molecular weight excluding hydrogens is 459 g/mol. The number of aromatic nitrogens is 1. The third kappa shape index (κ3) is 6.28. The first-order chi connectivity index (χ1) is 17.4. The van der Waals surface area contributed by atoms with Gasteiger partial charge in [-0.05, 0) is 80.5 Å². The Bertz CT molecular complexity index is 1150. The average Bonchev–Trinajstić information content (AvgIpc) is 3.71. The first kappa shape index (κ1) is 27.3. The van der Waals surface area contributed by atoms with Gasteiger partial charge in [-0.1, -0.05) is 39.5 Å². The number of pyridine rings is 1. The molecule has 2 heterocycles. The van der Waals surface area contributed by atoms with Crippen molar-refractivity contribution in [1.29, 1.82) is 0 Å². The molecule has 1 N–H and O–H groups in total. The number of halogens is 3. The molecule has 4 rings (SSSR count). The highest BCUT2D eigenvalue weighted by Crippen LogP contribution is 2.37. The van der Waals surface area contributed by atoms with Crippen molar-refractivity contribution in [2.75, 3.05) is 13.1 Å². The van der Waals surface area contributed by atoms with Crippen molar-refractivity contribution in [3.05, 3.63) is 95.3 Å². The monoisotopic (exact) mass is 495 g/mol. The minimum absolute atomic E-state index is 0.0511. The van der Waals surface area contributed by atoms with Gasteiger partial charge in [-0.15, -0.1) is 0 Å². The van der Waals surface area contributed by atoms with Crippen LogP contribution in [0.2, 0.25) is 0 Å². The Kier molecular flexibility index (Phi) is 9.57. The largest absolute Gasteiger partial charge is 0.370 e. The second-order valence-electron chi connectivity index (χ2n) is 8.92. The number of piperidine rings is 1. The molecule has 1 saturated heterocycles. The molecule has 1 aliphatic heterocycles. The summed E-state index contributed by atoms with van der Waals surface area (Å²) in [6.07, 6.45) is 9.66. The summed E-state index contributed by atoms with van der Waals surface area (Å²) in [7, 11) is 0. The van der Waals surface area contributed by atoms with Gasteiger partial charge in [-0.3, -0.25) is 0 Å². The summed E-state index contributed by atoms with van der Waals surface area (Å²) in [6, 6.07) is 6.15. The van der Waals surface area contributed by atoms with Crippen molar-refractivity contribution < 1.29 is 13.2 Å². The van der Waals surface area contributed by atoms with Crippen LogP contribution >= 0.6 is 0 Å². The summed E-state index contributed by atoms with van der Waals surface area (Å²) in [5.41, 5.74) is 3.14. The van der Waals surface area contributed by atoms with Crippen molar-refractivity contribution in [3.63, 3.8) is 0 Å². The van der Waals surface area contributed by atoms with Gasteiger partial charge in [-0.25, -0.2) is 18.2 Å². The van der Waals surface area contributed by atoms with Crippen LogP contribution in [0.1, 0.15) is 59.1 Å². The highest BCUT2D eigenvalue weighted by Gasteiger charge is 2.26. The second kappa shape index (κ2) is 12.6. The number of likely N-dealkylation sites (tertiary alicyclic amines) is 1. The zero-order chi connectivity index (χ0) is 26.2. The molecule has 0 bridgehead atoms. The second-order valence-corrected chi connectivity index (χ2v) is 8.92. The number of rotatable bonds is 7. The van der Waals surface area contributed by atoms with Crippen LogP contribution < -0.4 is 5.32 Å². The summed E-state index contributed by atoms with van der Waals surface area (Å²) in [6.45, 7) is 14.1. The van der Waals surface area contributed by atoms with E-state index in [-0.39, 0.29) is 17.0 Å². The van der Waals surface area contributed by atoms with E-state index in [9.17, 15) is 8.78 Å². The van der Waals surface area contributed by atoms with Crippen LogP contribution in [0.5, 0.6) is 0 Å². The Balaban J connectivity index is 0.00000176. The van der Waals surface area contributed by atoms with Crippen LogP contribution in [0, 0.1) is 23.4 Å². The van der Waals surface area contributed by atoms with E-state index in [1.165, 1.54) is 36.8 Å². The lowest BCUT2D eigenvalue weighted by Gasteiger charge is -2.35. The molecule has 1 saturated carbocycles. The quantitative estimate of drug-likeness (QED) is 0.395. The van der Waals surface area contributed by atoms with E-state index in [1.54, 1.807) is 6.08 Å². The molecule has 1 aromatic carbocycles. The Labute approximate surface area is 213 Å². The molecule has 0 spiro atoms. The molecule has 0 amide bonds. The molecule has 192 valence electrons. The number of nitrogens with one attached hydrogen (secondary N) is 1. The van der Waals surface area contributed by atoms with Gasteiger partial charge >= 0.3 is 0 Å². The maximum atomic E-state index is 15.0. The molecule has 1 aromatic heterocycles. The number of hydrogen-bond acceptors (Lipinski definition) is 3. The van der Waals surface area contributed by atoms with Crippen LogP contribution in [-0.4, -0.2) is 23.0 Å². The minimum Gasteiger partial charge on any atom is -0.370 e. The zero-order valence-corrected chi connectivity index (χ0v) is 21.7. The van der Waals surface area contributed by atoms with Crippen molar-refractivity contribution in [1.82, 2.24) is 15.2 Å². The molecule has 1 atom stereocenters. The smallest absolute Gasteiger partial charge is 0.151 e. The van der Waals surface area contributed by atoms with Crippen LogP contribution in [-0.2, 0) is 0 Å². The van der Waals surface area contributed by atoms with Gasteiger partial charge in [-0.2, -0.15) is 0 Å². The van der Waals surface area contributed by atoms with E-state index in [1.807, 2.05) is 32.9 Å². The fraction of sp³-hybridized carbons (Fsp3) is 0.367. The van der Waals surface area contributed by atoms with Crippen LogP contribution in [0.25, 0.3) is 17.0 Å². The van der Waals surface area contributed by atoms with Crippen molar-refractivity contribution in [2.24, 2.45) is 5.92 Å². The van der Waals surface area contributed by atoms with Crippen LogP contribution in [0.3, 0.4) is 0 Å². The Morgan fingerprint density at radius 1 is 1.08 bits per heavy atom. The van der Waals surface area contributed by atoms with Crippen molar-refractivity contribution >= 4 is 5.70 Å². The van der Waals surface area contributed by atoms with E-state index >= 15 is 4.39 Å². The standard InChI is InChI=1S/C28H30F3N3.C2H6/c1-4-8-25(34-16-7-9-18(3)17-34)23(5-2)32-27(19-12-13-19)28-22(31)14-15-24(33-28)26-20(29)10-6-11-21(26)30;1-2/h4-6,8,10-11,14-15,18,32H,2,7,9,12-13,16-17H2,1,3H3;1-2H3/b8-4-,25-23-;/t18-;/m0./s1. The maximum Gasteiger partial charge on any atom is 0.151 e. The lowest BCUT2D eigenvalue weighted by Crippen LogP contribution is -2.35. The molecule has 1 aliphatic carbocycles. The van der Waals surface area contributed by atoms with Crippen molar-refractivity contribution in [2.45, 2.75) is 53.4 Å². The van der Waals surface area contributed by atoms with Gasteiger partial charge in [0, 0.05) is 13.1 Å². The number of benzene rings is 1. The Morgan fingerprint density at radius 2 is 1.78 bits per heavy atom. The number of allylic oxidation sites excluding steroid dienone is 4. The van der Waals surface area contributed by atoms with E-state index in [2.05, 4.69) is 28.7 Å². The summed E-state index contributed by atoms with van der Waals surface area (Å²) >= 11 is 0. The average molecular weight is 496 g/mol. The topological polar surface area (TPSA) is 28.2 Å². The number of nitrogens with zero attached hydrogens (tertiary/aromatic N) is 2. The summed E-state index contributed by atoms with van der Waals surface area (Å²) < 4.78 is 43.8. The predicted molar refractivity (Wildman–Crippen MR) is 142 cm³/mol. The molecule has 2 fully saturated rings. The molecule has 3 nitrogen and oxygen atoms in total. The summed E-state index contributed by atoms with van der Waals surface area (Å²) in [5.74, 6) is -1.45. The molecule has 0 radical (unpaired) electrons. The fourth-order valence-corrected chi connectivity index (χ4v) is 4.41. The first-order valence-electron chi connectivity index (χ1n) is 12.8. The summed E-state index contributed by atoms with van der Waals surface area (Å²) in [5, 5.41) is 3.39. The minimum atomic E-state index is -0.736. The lowest BCUT2D eigenvalue weighted by molar-refractivity contribution is 0.233. The third-order valence-corrected chi connectivity index (χ3v) is 6.22. The highest BCUT2D eigenvalue weighted by molar-refractivity contribution is 5.72. The van der Waals surface area contributed by atoms with Gasteiger partial charge in [0.25, 0.3) is 0 Å². The zero-order valence-electron chi connectivity index (χ0n) is 21.7. The third-order valence-electron chi connectivity index (χ3n) is 6.22. The Morgan fingerprint density at radius 3 is 2.36 bits per heavy atom. The molecule has 2 aliphatic rings. The van der Waals surface area contributed by atoms with E-state index in [4.69, 9.17) is 0 Å². The normalized spacial score (nSPS) is 17.8. The molecule has 0 unspecified atom stereocenters. The fourth-order valence-electron chi connectivity index (χ4n) is 4.41. The molecule has 6 heteroatoms. The summed E-state index contributed by atoms with van der Waals surface area (Å²) in [4.78, 5) is 6.70. The molecule has 2 aromatic rings. The SMILES string of the molecule is C=C/C(NC(=C1CC1)c1nc(-c2c(F)cccc2F)ccc1F)=C(\C=C/C)N1CCC[C@H](C)C1.CC. The first-order valence-corrected chi connectivity index (χ1v) is 12.8. The van der Waals surface area contributed by atoms with E-state index in [0.29, 0.717) is 11.6 Å². The number of hydrogen-bond donors (Lipinski definition) is 1. The molecule has 36 heavy (non-hydrogen) atoms. The Hall–Kier alpha value is -3.28. The van der Waals surface area contributed by atoms with Crippen LogP contribution in [0.4, 0.5) is 13.2 Å². The maximum absolute atomic E-state index is 15.0. The van der Waals surface area contributed by atoms with E-state index in [0.717, 1.165) is 49.3 Å². The highest BCUT2D eigenvalue weighted by atomic mass is 19.1. The molecular formula is C30H36F3N3. The van der Waals surface area contributed by atoms with Gasteiger partial charge < -0.3 is 10.2 Å². The van der Waals surface area contributed by atoms with Gasteiger partial charge in [0.15, 0.2) is 5.82 Å². The van der Waals surface area contributed by atoms with Gasteiger partial charge in [0.2, 0.25) is 0 Å².